The zero-order valence-corrected chi connectivity index (χ0v) is 17.0. The van der Waals surface area contributed by atoms with Gasteiger partial charge in [0, 0.05) is 26.9 Å². The van der Waals surface area contributed by atoms with E-state index in [0.717, 1.165) is 22.0 Å². The van der Waals surface area contributed by atoms with E-state index >= 15 is 0 Å². The van der Waals surface area contributed by atoms with Crippen LogP contribution in [0.4, 0.5) is 0 Å². The Balaban J connectivity index is 1.67. The number of hydrogen-bond acceptors (Lipinski definition) is 3. The topological polar surface area (TPSA) is 78.6 Å². The molecule has 2 N–H and O–H groups in total. The van der Waals surface area contributed by atoms with Gasteiger partial charge in [0.15, 0.2) is 5.78 Å². The molecule has 0 saturated carbocycles. The summed E-state index contributed by atoms with van der Waals surface area (Å²) in [6.45, 7) is 0. The fraction of sp³-hybridized carbons (Fsp3) is 0. The van der Waals surface area contributed by atoms with Gasteiger partial charge >= 0.3 is 0 Å². The third-order valence-corrected chi connectivity index (χ3v) is 5.41. The van der Waals surface area contributed by atoms with Gasteiger partial charge in [0.1, 0.15) is 0 Å². The van der Waals surface area contributed by atoms with Crippen LogP contribution in [0.1, 0.15) is 15.9 Å². The number of rotatable bonds is 4. The number of benzene rings is 3. The van der Waals surface area contributed by atoms with Crippen LogP contribution in [0.3, 0.4) is 0 Å². The van der Waals surface area contributed by atoms with E-state index in [4.69, 9.17) is 11.6 Å². The maximum Gasteiger partial charge on any atom is 0.260 e. The van der Waals surface area contributed by atoms with Crippen molar-refractivity contribution < 1.29 is 4.79 Å². The fourth-order valence-corrected chi connectivity index (χ4v) is 3.89. The first-order valence-corrected chi connectivity index (χ1v) is 10.0. The summed E-state index contributed by atoms with van der Waals surface area (Å²) >= 11 is 6.23. The van der Waals surface area contributed by atoms with Crippen LogP contribution in [-0.4, -0.2) is 21.0 Å². The number of aromatic amines is 2. The number of hydrogen-bond donors (Lipinski definition) is 2. The number of H-pyrrole nitrogens is 2. The molecule has 0 radical (unpaired) electrons. The molecule has 0 amide bonds. The molecular weight excluding hydrogens is 410 g/mol. The van der Waals surface area contributed by atoms with Crippen LogP contribution < -0.4 is 5.56 Å². The lowest BCUT2D eigenvalue weighted by Gasteiger charge is -2.11. The van der Waals surface area contributed by atoms with E-state index in [0.29, 0.717) is 21.5 Å². The highest BCUT2D eigenvalue weighted by atomic mass is 35.5. The third kappa shape index (κ3) is 3.56. The van der Waals surface area contributed by atoms with E-state index in [1.54, 1.807) is 30.5 Å². The van der Waals surface area contributed by atoms with Gasteiger partial charge in [-0.1, -0.05) is 60.1 Å². The maximum absolute atomic E-state index is 13.2. The van der Waals surface area contributed by atoms with Crippen molar-refractivity contribution in [3.8, 4) is 11.1 Å². The smallest absolute Gasteiger partial charge is 0.260 e. The minimum atomic E-state index is -0.438. The summed E-state index contributed by atoms with van der Waals surface area (Å²) < 4.78 is 0. The number of fused-ring (bicyclic) bond motifs is 2. The zero-order chi connectivity index (χ0) is 21.4. The minimum Gasteiger partial charge on any atom is -0.321 e. The number of aromatic nitrogens is 3. The predicted molar refractivity (Wildman–Crippen MR) is 124 cm³/mol. The SMILES string of the molecule is O=C(/C=C/c1ccc2cn[nH]c2c1)c1c(-c2ccccc2)c2cc(Cl)ccc2[nH]c1=O. The summed E-state index contributed by atoms with van der Waals surface area (Å²) in [7, 11) is 0. The molecule has 0 atom stereocenters. The van der Waals surface area contributed by atoms with Crippen LogP contribution in [0.15, 0.2) is 83.8 Å². The van der Waals surface area contributed by atoms with Crippen LogP contribution in [0.2, 0.25) is 5.02 Å². The second-order valence-corrected chi connectivity index (χ2v) is 7.61. The highest BCUT2D eigenvalue weighted by Crippen LogP contribution is 2.31. The van der Waals surface area contributed by atoms with Gasteiger partial charge in [-0.25, -0.2) is 0 Å². The van der Waals surface area contributed by atoms with Gasteiger partial charge in [-0.15, -0.1) is 0 Å². The van der Waals surface area contributed by atoms with Gasteiger partial charge in [0.2, 0.25) is 0 Å². The molecule has 3 aromatic carbocycles. The lowest BCUT2D eigenvalue weighted by molar-refractivity contribution is 0.104. The molecule has 0 aliphatic rings. The molecule has 2 heterocycles. The van der Waals surface area contributed by atoms with Crippen molar-refractivity contribution in [2.24, 2.45) is 0 Å². The predicted octanol–water partition coefficient (Wildman–Crippen LogP) is 5.62. The normalized spacial score (nSPS) is 11.5. The Morgan fingerprint density at radius 1 is 0.968 bits per heavy atom. The van der Waals surface area contributed by atoms with Crippen LogP contribution in [0, 0.1) is 0 Å². The van der Waals surface area contributed by atoms with E-state index in [2.05, 4.69) is 15.2 Å². The first-order chi connectivity index (χ1) is 15.1. The van der Waals surface area contributed by atoms with Crippen LogP contribution >= 0.6 is 11.6 Å². The highest BCUT2D eigenvalue weighted by Gasteiger charge is 2.19. The summed E-state index contributed by atoms with van der Waals surface area (Å²) in [5.41, 5.74) is 3.31. The molecule has 0 aliphatic carbocycles. The van der Waals surface area contributed by atoms with Crippen molar-refractivity contribution in [2.75, 3.05) is 0 Å². The molecule has 0 unspecified atom stereocenters. The van der Waals surface area contributed by atoms with Crippen molar-refractivity contribution >= 4 is 45.3 Å². The van der Waals surface area contributed by atoms with Crippen molar-refractivity contribution in [3.05, 3.63) is 106 Å². The molecule has 0 saturated heterocycles. The molecule has 5 rings (SSSR count). The summed E-state index contributed by atoms with van der Waals surface area (Å²) in [5.74, 6) is -0.383. The van der Waals surface area contributed by atoms with E-state index < -0.39 is 5.56 Å². The highest BCUT2D eigenvalue weighted by molar-refractivity contribution is 6.31. The number of ketones is 1. The maximum atomic E-state index is 13.2. The number of nitrogens with one attached hydrogen (secondary N) is 2. The average molecular weight is 426 g/mol. The molecular formula is C25H16ClN3O2. The molecule has 5 aromatic rings. The van der Waals surface area contributed by atoms with Crippen LogP contribution in [0.25, 0.3) is 39.0 Å². The number of pyridine rings is 1. The third-order valence-electron chi connectivity index (χ3n) is 5.18. The van der Waals surface area contributed by atoms with Crippen molar-refractivity contribution in [1.82, 2.24) is 15.2 Å². The van der Waals surface area contributed by atoms with Gasteiger partial charge in [-0.2, -0.15) is 5.10 Å². The number of nitrogens with zero attached hydrogens (tertiary/aromatic N) is 1. The Labute approximate surface area is 182 Å². The van der Waals surface area contributed by atoms with Crippen LogP contribution in [-0.2, 0) is 0 Å². The molecule has 31 heavy (non-hydrogen) atoms. The molecule has 0 bridgehead atoms. The number of carbonyl (C=O) groups excluding carboxylic acids is 1. The lowest BCUT2D eigenvalue weighted by atomic mass is 9.94. The van der Waals surface area contributed by atoms with Crippen LogP contribution in [0.5, 0.6) is 0 Å². The number of carbonyl (C=O) groups is 1. The zero-order valence-electron chi connectivity index (χ0n) is 16.2. The first-order valence-electron chi connectivity index (χ1n) is 9.67. The Bertz CT molecular complexity index is 1530. The van der Waals surface area contributed by atoms with Gasteiger partial charge in [0.05, 0.1) is 17.3 Å². The van der Waals surface area contributed by atoms with E-state index in [1.807, 2.05) is 48.5 Å². The van der Waals surface area contributed by atoms with Gasteiger partial charge in [-0.05, 0) is 41.5 Å². The van der Waals surface area contributed by atoms with Crippen molar-refractivity contribution in [2.45, 2.75) is 0 Å². The van der Waals surface area contributed by atoms with Gasteiger partial charge < -0.3 is 4.98 Å². The van der Waals surface area contributed by atoms with E-state index in [9.17, 15) is 9.59 Å². The Kier molecular flexibility index (Phi) is 4.73. The summed E-state index contributed by atoms with van der Waals surface area (Å²) in [4.78, 5) is 29.0. The standard InChI is InChI=1S/C25H16ClN3O2/c26-18-9-10-20-19(13-18)23(16-4-2-1-3-5-16)24(25(31)28-20)22(30)11-7-15-6-8-17-14-27-29-21(17)12-15/h1-14H,(H,27,29)(H,28,31)/b11-7+. The molecule has 0 fully saturated rings. The van der Waals surface area contributed by atoms with E-state index in [-0.39, 0.29) is 11.3 Å². The van der Waals surface area contributed by atoms with E-state index in [1.165, 1.54) is 6.08 Å². The van der Waals surface area contributed by atoms with Gasteiger partial charge in [0.25, 0.3) is 5.56 Å². The van der Waals surface area contributed by atoms with Crippen molar-refractivity contribution in [3.63, 3.8) is 0 Å². The molecule has 0 spiro atoms. The second-order valence-electron chi connectivity index (χ2n) is 7.17. The molecule has 2 aromatic heterocycles. The summed E-state index contributed by atoms with van der Waals surface area (Å²) in [5, 5.41) is 9.14. The fourth-order valence-electron chi connectivity index (χ4n) is 3.72. The lowest BCUT2D eigenvalue weighted by Crippen LogP contribution is -2.18. The largest absolute Gasteiger partial charge is 0.321 e. The Morgan fingerprint density at radius 2 is 1.81 bits per heavy atom. The monoisotopic (exact) mass is 425 g/mol. The Hall–Kier alpha value is -3.96. The second kappa shape index (κ2) is 7.70. The molecule has 150 valence electrons. The minimum absolute atomic E-state index is 0.0832. The molecule has 0 aliphatic heterocycles. The summed E-state index contributed by atoms with van der Waals surface area (Å²) in [6, 6.07) is 20.3. The van der Waals surface area contributed by atoms with Crippen molar-refractivity contribution in [1.29, 1.82) is 0 Å². The Morgan fingerprint density at radius 3 is 2.65 bits per heavy atom. The average Bonchev–Trinajstić information content (AvgIpc) is 3.25. The number of halogens is 1. The summed E-state index contributed by atoms with van der Waals surface area (Å²) in [6.07, 6.45) is 4.85. The van der Waals surface area contributed by atoms with Gasteiger partial charge in [-0.3, -0.25) is 14.7 Å². The molecule has 5 nitrogen and oxygen atoms in total. The molecule has 6 heteroatoms. The first kappa shape index (κ1) is 19.0. The quantitative estimate of drug-likeness (QED) is 0.289. The number of allylic oxidation sites excluding steroid dienone is 1.